The molecule has 0 fully saturated rings. The smallest absolute Gasteiger partial charge is 0.234 e. The number of anilines is 1. The van der Waals surface area contributed by atoms with Crippen LogP contribution in [0, 0.1) is 0 Å². The van der Waals surface area contributed by atoms with Crippen molar-refractivity contribution in [2.75, 3.05) is 11.1 Å². The van der Waals surface area contributed by atoms with E-state index in [0.29, 0.717) is 16.6 Å². The predicted molar refractivity (Wildman–Crippen MR) is 105 cm³/mol. The topological polar surface area (TPSA) is 68.5 Å². The monoisotopic (exact) mass is 376 g/mol. The first-order chi connectivity index (χ1) is 13.3. The lowest BCUT2D eigenvalue weighted by Crippen LogP contribution is -2.14. The lowest BCUT2D eigenvalue weighted by Gasteiger charge is -2.08. The zero-order valence-corrected chi connectivity index (χ0v) is 15.1. The molecule has 0 aliphatic heterocycles. The van der Waals surface area contributed by atoms with Crippen molar-refractivity contribution in [1.82, 2.24) is 14.6 Å². The second-order valence-corrected chi connectivity index (χ2v) is 6.63. The van der Waals surface area contributed by atoms with Crippen LogP contribution in [0.15, 0.2) is 84.1 Å². The number of thioether (sulfide) groups is 1. The zero-order chi connectivity index (χ0) is 18.5. The van der Waals surface area contributed by atoms with Gasteiger partial charge in [0.1, 0.15) is 11.5 Å². The van der Waals surface area contributed by atoms with Gasteiger partial charge in [-0.15, -0.1) is 10.2 Å². The number of fused-ring (bicyclic) bond motifs is 1. The number of hydrogen-bond acceptors (Lipinski definition) is 5. The van der Waals surface area contributed by atoms with E-state index >= 15 is 0 Å². The van der Waals surface area contributed by atoms with Crippen LogP contribution in [0.1, 0.15) is 0 Å². The van der Waals surface area contributed by atoms with E-state index in [9.17, 15) is 4.79 Å². The Balaban J connectivity index is 1.37. The number of benzene rings is 2. The number of carbonyl (C=O) groups excluding carboxylic acids is 1. The predicted octanol–water partition coefficient (Wildman–Crippen LogP) is 4.25. The molecule has 1 N–H and O–H groups in total. The molecule has 134 valence electrons. The number of amides is 1. The highest BCUT2D eigenvalue weighted by Crippen LogP contribution is 2.24. The zero-order valence-electron chi connectivity index (χ0n) is 14.3. The fourth-order valence-corrected chi connectivity index (χ4v) is 3.23. The van der Waals surface area contributed by atoms with Crippen molar-refractivity contribution in [3.63, 3.8) is 0 Å². The summed E-state index contributed by atoms with van der Waals surface area (Å²) in [4.78, 5) is 12.3. The van der Waals surface area contributed by atoms with Crippen LogP contribution in [0.4, 0.5) is 5.69 Å². The molecule has 1 amide bonds. The summed E-state index contributed by atoms with van der Waals surface area (Å²) < 4.78 is 7.64. The molecule has 2 aromatic carbocycles. The largest absolute Gasteiger partial charge is 0.457 e. The molecule has 2 aromatic heterocycles. The minimum absolute atomic E-state index is 0.121. The lowest BCUT2D eigenvalue weighted by atomic mass is 10.3. The molecule has 2 heterocycles. The van der Waals surface area contributed by atoms with Gasteiger partial charge < -0.3 is 10.1 Å². The van der Waals surface area contributed by atoms with Crippen LogP contribution in [0.5, 0.6) is 11.5 Å². The highest BCUT2D eigenvalue weighted by Gasteiger charge is 2.09. The highest BCUT2D eigenvalue weighted by molar-refractivity contribution is 7.99. The molecular formula is C20H16N4O2S. The number of aromatic nitrogens is 3. The Hall–Kier alpha value is -3.32. The molecule has 6 nitrogen and oxygen atoms in total. The summed E-state index contributed by atoms with van der Waals surface area (Å²) in [7, 11) is 0. The van der Waals surface area contributed by atoms with E-state index in [2.05, 4.69) is 15.5 Å². The molecule has 0 aliphatic rings. The van der Waals surface area contributed by atoms with Crippen LogP contribution < -0.4 is 10.1 Å². The van der Waals surface area contributed by atoms with Gasteiger partial charge in [0.15, 0.2) is 10.8 Å². The number of ether oxygens (including phenoxy) is 1. The third kappa shape index (κ3) is 4.27. The van der Waals surface area contributed by atoms with Crippen molar-refractivity contribution in [2.45, 2.75) is 5.16 Å². The van der Waals surface area contributed by atoms with E-state index in [1.165, 1.54) is 11.8 Å². The Labute approximate surface area is 160 Å². The molecule has 0 aliphatic carbocycles. The molecule has 4 rings (SSSR count). The summed E-state index contributed by atoms with van der Waals surface area (Å²) in [6, 6.07) is 22.5. The second-order valence-electron chi connectivity index (χ2n) is 5.69. The van der Waals surface area contributed by atoms with Crippen LogP contribution >= 0.6 is 11.8 Å². The minimum atomic E-state index is -0.121. The molecule has 0 bridgehead atoms. The van der Waals surface area contributed by atoms with E-state index in [1.807, 2.05) is 77.3 Å². The number of hydrogen-bond donors (Lipinski definition) is 1. The van der Waals surface area contributed by atoms with Crippen molar-refractivity contribution < 1.29 is 9.53 Å². The normalized spacial score (nSPS) is 10.7. The molecular weight excluding hydrogens is 360 g/mol. The maximum Gasteiger partial charge on any atom is 0.234 e. The van der Waals surface area contributed by atoms with Crippen molar-refractivity contribution in [1.29, 1.82) is 0 Å². The van der Waals surface area contributed by atoms with Crippen molar-refractivity contribution in [3.05, 3.63) is 79.0 Å². The lowest BCUT2D eigenvalue weighted by molar-refractivity contribution is -0.113. The Bertz CT molecular complexity index is 1070. The van der Waals surface area contributed by atoms with Gasteiger partial charge in [0.05, 0.1) is 5.75 Å². The summed E-state index contributed by atoms with van der Waals surface area (Å²) in [5, 5.41) is 11.8. The van der Waals surface area contributed by atoms with E-state index in [-0.39, 0.29) is 11.7 Å². The van der Waals surface area contributed by atoms with Crippen molar-refractivity contribution in [2.24, 2.45) is 0 Å². The Morgan fingerprint density at radius 3 is 2.67 bits per heavy atom. The average molecular weight is 376 g/mol. The average Bonchev–Trinajstić information content (AvgIpc) is 3.11. The van der Waals surface area contributed by atoms with Crippen molar-refractivity contribution in [3.8, 4) is 11.5 Å². The van der Waals surface area contributed by atoms with E-state index in [1.54, 1.807) is 6.07 Å². The van der Waals surface area contributed by atoms with Gasteiger partial charge in [-0.1, -0.05) is 42.1 Å². The molecule has 0 spiro atoms. The fraction of sp³-hybridized carbons (Fsp3) is 0.0500. The third-order valence-electron chi connectivity index (χ3n) is 3.71. The summed E-state index contributed by atoms with van der Waals surface area (Å²) in [6.45, 7) is 0. The molecule has 4 aromatic rings. The first-order valence-electron chi connectivity index (χ1n) is 8.33. The quantitative estimate of drug-likeness (QED) is 0.510. The van der Waals surface area contributed by atoms with Crippen LogP contribution in [0.25, 0.3) is 5.65 Å². The Morgan fingerprint density at radius 1 is 0.963 bits per heavy atom. The molecule has 7 heteroatoms. The maximum absolute atomic E-state index is 12.3. The van der Waals surface area contributed by atoms with Crippen molar-refractivity contribution >= 4 is 29.0 Å². The standard InChI is InChI=1S/C20H16N4O2S/c25-19(14-27-20-23-22-18-11-4-5-12-24(18)20)21-15-7-6-10-17(13-15)26-16-8-2-1-3-9-16/h1-13H,14H2,(H,21,25). The first-order valence-corrected chi connectivity index (χ1v) is 9.32. The number of para-hydroxylation sites is 1. The SMILES string of the molecule is O=C(CSc1nnc2ccccn12)Nc1cccc(Oc2ccccc2)c1. The van der Waals surface area contributed by atoms with E-state index < -0.39 is 0 Å². The summed E-state index contributed by atoms with van der Waals surface area (Å²) in [5.74, 6) is 1.52. The Kier molecular flexibility index (Phi) is 5.02. The second kappa shape index (κ2) is 7.92. The number of nitrogens with one attached hydrogen (secondary N) is 1. The summed E-state index contributed by atoms with van der Waals surface area (Å²) in [6.07, 6.45) is 1.87. The van der Waals surface area contributed by atoms with Gasteiger partial charge in [0, 0.05) is 18.0 Å². The van der Waals surface area contributed by atoms with Gasteiger partial charge in [0.2, 0.25) is 5.91 Å². The Morgan fingerprint density at radius 2 is 1.78 bits per heavy atom. The number of carbonyl (C=O) groups is 1. The van der Waals surface area contributed by atoms with E-state index in [4.69, 9.17) is 4.74 Å². The van der Waals surface area contributed by atoms with Gasteiger partial charge >= 0.3 is 0 Å². The summed E-state index contributed by atoms with van der Waals surface area (Å²) in [5.41, 5.74) is 1.44. The van der Waals surface area contributed by atoms with Gasteiger partial charge in [-0.05, 0) is 36.4 Å². The molecule has 0 saturated heterocycles. The number of pyridine rings is 1. The molecule has 0 saturated carbocycles. The van der Waals surface area contributed by atoms with Crippen LogP contribution in [-0.4, -0.2) is 26.3 Å². The third-order valence-corrected chi connectivity index (χ3v) is 4.65. The molecule has 0 radical (unpaired) electrons. The van der Waals surface area contributed by atoms with Gasteiger partial charge in [-0.3, -0.25) is 9.20 Å². The van der Waals surface area contributed by atoms with Gasteiger partial charge in [0.25, 0.3) is 0 Å². The summed E-state index contributed by atoms with van der Waals surface area (Å²) >= 11 is 1.34. The number of nitrogens with zero attached hydrogens (tertiary/aromatic N) is 3. The minimum Gasteiger partial charge on any atom is -0.457 e. The van der Waals surface area contributed by atoms with Gasteiger partial charge in [-0.2, -0.15) is 0 Å². The van der Waals surface area contributed by atoms with Crippen LogP contribution in [-0.2, 0) is 4.79 Å². The van der Waals surface area contributed by atoms with Crippen LogP contribution in [0.2, 0.25) is 0 Å². The maximum atomic E-state index is 12.3. The number of rotatable bonds is 6. The molecule has 27 heavy (non-hydrogen) atoms. The fourth-order valence-electron chi connectivity index (χ4n) is 2.51. The van der Waals surface area contributed by atoms with E-state index in [0.717, 1.165) is 11.4 Å². The molecule has 0 unspecified atom stereocenters. The van der Waals surface area contributed by atoms with Gasteiger partial charge in [-0.25, -0.2) is 0 Å². The molecule has 0 atom stereocenters. The van der Waals surface area contributed by atoms with Crippen LogP contribution in [0.3, 0.4) is 0 Å². The first kappa shape index (κ1) is 17.1. The highest BCUT2D eigenvalue weighted by atomic mass is 32.2.